The van der Waals surface area contributed by atoms with E-state index in [1.807, 2.05) is 13.0 Å². The molecule has 30 heavy (non-hydrogen) atoms. The second-order valence-corrected chi connectivity index (χ2v) is 8.57. The van der Waals surface area contributed by atoms with Gasteiger partial charge in [-0.2, -0.15) is 5.26 Å². The first kappa shape index (κ1) is 20.3. The summed E-state index contributed by atoms with van der Waals surface area (Å²) in [7, 11) is 3.26. The highest BCUT2D eigenvalue weighted by Crippen LogP contribution is 2.42. The Kier molecular flexibility index (Phi) is 5.45. The number of aromatic nitrogens is 1. The maximum atomic E-state index is 13.1. The molecular formula is C21H23N5O3S. The monoisotopic (exact) mass is 425 g/mol. The Morgan fingerprint density at radius 1 is 1.30 bits per heavy atom. The number of carbonyl (C=O) groups is 2. The fourth-order valence-corrected chi connectivity index (χ4v) is 5.32. The van der Waals surface area contributed by atoms with Crippen molar-refractivity contribution in [1.82, 2.24) is 9.88 Å². The summed E-state index contributed by atoms with van der Waals surface area (Å²) in [6.45, 7) is 3.98. The van der Waals surface area contributed by atoms with Gasteiger partial charge in [-0.1, -0.05) is 0 Å². The average Bonchev–Trinajstić information content (AvgIpc) is 3.07. The van der Waals surface area contributed by atoms with Gasteiger partial charge in [0.25, 0.3) is 5.91 Å². The smallest absolute Gasteiger partial charge is 0.257 e. The highest BCUT2D eigenvalue weighted by Gasteiger charge is 2.37. The highest BCUT2D eigenvalue weighted by molar-refractivity contribution is 7.17. The van der Waals surface area contributed by atoms with Crippen molar-refractivity contribution >= 4 is 34.0 Å². The van der Waals surface area contributed by atoms with Gasteiger partial charge in [-0.3, -0.25) is 14.5 Å². The predicted octanol–water partition coefficient (Wildman–Crippen LogP) is 1.95. The summed E-state index contributed by atoms with van der Waals surface area (Å²) < 4.78 is 5.18. The molecule has 2 amide bonds. The minimum absolute atomic E-state index is 0.0591. The number of fused-ring (bicyclic) bond motifs is 3. The Balaban J connectivity index is 1.75. The van der Waals surface area contributed by atoms with Gasteiger partial charge in [0.05, 0.1) is 30.8 Å². The third-order valence-electron chi connectivity index (χ3n) is 5.47. The summed E-state index contributed by atoms with van der Waals surface area (Å²) in [5.74, 6) is 0.447. The van der Waals surface area contributed by atoms with E-state index in [2.05, 4.69) is 16.0 Å². The van der Waals surface area contributed by atoms with Crippen LogP contribution in [0.15, 0.2) is 12.1 Å². The van der Waals surface area contributed by atoms with E-state index in [4.69, 9.17) is 4.74 Å². The molecule has 4 rings (SSSR count). The number of rotatable bonds is 4. The van der Waals surface area contributed by atoms with Gasteiger partial charge in [0.15, 0.2) is 0 Å². The number of pyridine rings is 1. The Hall–Kier alpha value is -2.96. The molecule has 0 spiro atoms. The Bertz CT molecular complexity index is 1060. The number of hydrogen-bond donors (Lipinski definition) is 0. The first-order valence-corrected chi connectivity index (χ1v) is 10.6. The Labute approximate surface area is 179 Å². The summed E-state index contributed by atoms with van der Waals surface area (Å²) in [5, 5.41) is 10.2. The van der Waals surface area contributed by atoms with Crippen molar-refractivity contribution < 1.29 is 14.3 Å². The molecule has 8 nitrogen and oxygen atoms in total. The zero-order chi connectivity index (χ0) is 21.4. The maximum Gasteiger partial charge on any atom is 0.257 e. The standard InChI is InChI=1S/C21H23N5O3S/c1-13-4-5-14(10-22)19(23-13)25-7-6-15-16(11-25)30-21-18(15)20(28)24(2)12-17(27)26(21)8-9-29-3/h4-5H,6-9,11-12H2,1-3H3. The minimum Gasteiger partial charge on any atom is -0.383 e. The first-order chi connectivity index (χ1) is 14.4. The van der Waals surface area contributed by atoms with Crippen LogP contribution in [0, 0.1) is 18.3 Å². The molecule has 0 radical (unpaired) electrons. The van der Waals surface area contributed by atoms with Crippen molar-refractivity contribution in [2.45, 2.75) is 19.9 Å². The van der Waals surface area contributed by atoms with E-state index in [1.54, 1.807) is 25.1 Å². The molecule has 156 valence electrons. The lowest BCUT2D eigenvalue weighted by Gasteiger charge is -2.29. The molecule has 2 aliphatic rings. The van der Waals surface area contributed by atoms with E-state index in [-0.39, 0.29) is 18.4 Å². The zero-order valence-corrected chi connectivity index (χ0v) is 18.1. The van der Waals surface area contributed by atoms with Crippen LogP contribution in [-0.4, -0.2) is 62.1 Å². The van der Waals surface area contributed by atoms with Crippen molar-refractivity contribution in [2.24, 2.45) is 0 Å². The molecule has 0 fully saturated rings. The molecule has 2 aliphatic heterocycles. The van der Waals surface area contributed by atoms with Crippen molar-refractivity contribution in [3.8, 4) is 6.07 Å². The van der Waals surface area contributed by atoms with Crippen molar-refractivity contribution in [2.75, 3.05) is 50.2 Å². The number of amides is 2. The van der Waals surface area contributed by atoms with Crippen LogP contribution in [0.1, 0.15) is 32.1 Å². The van der Waals surface area contributed by atoms with Gasteiger partial charge in [-0.05, 0) is 31.0 Å². The van der Waals surface area contributed by atoms with E-state index in [0.29, 0.717) is 54.6 Å². The molecule has 0 unspecified atom stereocenters. The molecule has 0 N–H and O–H groups in total. The molecule has 0 atom stereocenters. The Morgan fingerprint density at radius 3 is 2.83 bits per heavy atom. The number of aryl methyl sites for hydroxylation is 1. The second-order valence-electron chi connectivity index (χ2n) is 7.49. The zero-order valence-electron chi connectivity index (χ0n) is 17.3. The molecule has 0 aliphatic carbocycles. The van der Waals surface area contributed by atoms with Crippen LogP contribution in [0.2, 0.25) is 0 Å². The fraction of sp³-hybridized carbons (Fsp3) is 0.429. The summed E-state index contributed by atoms with van der Waals surface area (Å²) in [6.07, 6.45) is 0.660. The summed E-state index contributed by atoms with van der Waals surface area (Å²) in [5.41, 5.74) is 3.03. The van der Waals surface area contributed by atoms with Crippen LogP contribution < -0.4 is 9.80 Å². The molecule has 0 saturated carbocycles. The number of thiophene rings is 1. The SMILES string of the molecule is COCCN1C(=O)CN(C)C(=O)c2c1sc1c2CCN(c2nc(C)ccc2C#N)C1. The third kappa shape index (κ3) is 3.42. The topological polar surface area (TPSA) is 89.8 Å². The summed E-state index contributed by atoms with van der Waals surface area (Å²) in [6, 6.07) is 5.85. The Morgan fingerprint density at radius 2 is 2.10 bits per heavy atom. The molecular weight excluding hydrogens is 402 g/mol. The minimum atomic E-state index is -0.115. The number of likely N-dealkylation sites (N-methyl/N-ethyl adjacent to an activating group) is 1. The number of nitriles is 1. The number of methoxy groups -OCH3 is 1. The normalized spacial score (nSPS) is 16.3. The van der Waals surface area contributed by atoms with Gasteiger partial charge in [-0.15, -0.1) is 11.3 Å². The number of nitrogens with zero attached hydrogens (tertiary/aromatic N) is 5. The third-order valence-corrected chi connectivity index (χ3v) is 6.71. The van der Waals surface area contributed by atoms with Crippen molar-refractivity contribution in [3.63, 3.8) is 0 Å². The molecule has 2 aromatic heterocycles. The summed E-state index contributed by atoms with van der Waals surface area (Å²) in [4.78, 5) is 36.7. The van der Waals surface area contributed by atoms with Gasteiger partial charge >= 0.3 is 0 Å². The lowest BCUT2D eigenvalue weighted by Crippen LogP contribution is -2.39. The maximum absolute atomic E-state index is 13.1. The van der Waals surface area contributed by atoms with Crippen molar-refractivity contribution in [3.05, 3.63) is 39.4 Å². The number of ether oxygens (including phenoxy) is 1. The molecule has 0 saturated heterocycles. The van der Waals surface area contributed by atoms with Gasteiger partial charge in [0.1, 0.15) is 23.4 Å². The van der Waals surface area contributed by atoms with Gasteiger partial charge in [0, 0.05) is 31.3 Å². The molecule has 2 aromatic rings. The van der Waals surface area contributed by atoms with Gasteiger partial charge < -0.3 is 14.5 Å². The largest absolute Gasteiger partial charge is 0.383 e. The number of hydrogen-bond acceptors (Lipinski definition) is 7. The van der Waals surface area contributed by atoms with Crippen LogP contribution in [0.25, 0.3) is 0 Å². The highest BCUT2D eigenvalue weighted by atomic mass is 32.1. The van der Waals surface area contributed by atoms with E-state index in [9.17, 15) is 14.9 Å². The average molecular weight is 426 g/mol. The van der Waals surface area contributed by atoms with E-state index in [1.165, 1.54) is 16.2 Å². The van der Waals surface area contributed by atoms with Crippen LogP contribution in [0.4, 0.5) is 10.8 Å². The second kappa shape index (κ2) is 8.05. The van der Waals surface area contributed by atoms with E-state index >= 15 is 0 Å². The van der Waals surface area contributed by atoms with Gasteiger partial charge in [0.2, 0.25) is 5.91 Å². The molecule has 4 heterocycles. The molecule has 0 aromatic carbocycles. The molecule has 9 heteroatoms. The predicted molar refractivity (Wildman–Crippen MR) is 114 cm³/mol. The van der Waals surface area contributed by atoms with Crippen LogP contribution in [-0.2, 0) is 22.5 Å². The van der Waals surface area contributed by atoms with E-state index in [0.717, 1.165) is 16.1 Å². The quantitative estimate of drug-likeness (QED) is 0.744. The fourth-order valence-electron chi connectivity index (χ4n) is 3.92. The molecule has 0 bridgehead atoms. The lowest BCUT2D eigenvalue weighted by atomic mass is 10.0. The van der Waals surface area contributed by atoms with Crippen LogP contribution in [0.3, 0.4) is 0 Å². The number of anilines is 2. The van der Waals surface area contributed by atoms with E-state index < -0.39 is 0 Å². The van der Waals surface area contributed by atoms with Crippen molar-refractivity contribution in [1.29, 1.82) is 5.26 Å². The summed E-state index contributed by atoms with van der Waals surface area (Å²) >= 11 is 1.48. The first-order valence-electron chi connectivity index (χ1n) is 9.76. The number of carbonyl (C=O) groups excluding carboxylic acids is 2. The van der Waals surface area contributed by atoms with Crippen LogP contribution >= 0.6 is 11.3 Å². The lowest BCUT2D eigenvalue weighted by molar-refractivity contribution is -0.119. The van der Waals surface area contributed by atoms with Crippen LogP contribution in [0.5, 0.6) is 0 Å². The van der Waals surface area contributed by atoms with Gasteiger partial charge in [-0.25, -0.2) is 4.98 Å².